The van der Waals surface area contributed by atoms with Gasteiger partial charge in [0.15, 0.2) is 0 Å². The zero-order chi connectivity index (χ0) is 28.2. The van der Waals surface area contributed by atoms with E-state index in [2.05, 4.69) is 26.9 Å². The Kier molecular flexibility index (Phi) is 10.1. The van der Waals surface area contributed by atoms with Crippen molar-refractivity contribution in [3.8, 4) is 0 Å². The third kappa shape index (κ3) is 7.77. The summed E-state index contributed by atoms with van der Waals surface area (Å²) >= 11 is 0. The van der Waals surface area contributed by atoms with Crippen LogP contribution in [-0.2, 0) is 35.6 Å². The molecule has 10 nitrogen and oxygen atoms in total. The predicted octanol–water partition coefficient (Wildman–Crippen LogP) is 3.80. The van der Waals surface area contributed by atoms with E-state index in [0.29, 0.717) is 38.0 Å². The van der Waals surface area contributed by atoms with Crippen molar-refractivity contribution in [2.24, 2.45) is 0 Å². The first-order valence-electron chi connectivity index (χ1n) is 13.6. The average molecular weight is 599 g/mol. The molecule has 0 bridgehead atoms. The summed E-state index contributed by atoms with van der Waals surface area (Å²) in [6.07, 6.45) is 8.17. The molecule has 0 aromatic carbocycles. The van der Waals surface area contributed by atoms with Gasteiger partial charge in [0, 0.05) is 37.4 Å². The van der Waals surface area contributed by atoms with Gasteiger partial charge in [-0.2, -0.15) is 0 Å². The molecule has 4 atom stereocenters. The fourth-order valence-electron chi connectivity index (χ4n) is 5.65. The maximum absolute atomic E-state index is 12.0. The van der Waals surface area contributed by atoms with Crippen LogP contribution in [0, 0.1) is 0 Å². The van der Waals surface area contributed by atoms with Gasteiger partial charge in [0.05, 0.1) is 0 Å². The monoisotopic (exact) mass is 598 g/mol. The van der Waals surface area contributed by atoms with Crippen LogP contribution in [0.3, 0.4) is 0 Å². The van der Waals surface area contributed by atoms with Gasteiger partial charge in [0.25, 0.3) is 23.6 Å². The van der Waals surface area contributed by atoms with Gasteiger partial charge in [-0.1, -0.05) is 26.7 Å². The highest BCUT2D eigenvalue weighted by atomic mass is 28.5. The lowest BCUT2D eigenvalue weighted by Crippen LogP contribution is -2.67. The number of amides is 4. The molecular formula is C24H42N2O8Si4. The second kappa shape index (κ2) is 12.3. The van der Waals surface area contributed by atoms with Crippen molar-refractivity contribution in [2.45, 2.75) is 89.9 Å². The Morgan fingerprint density at radius 2 is 0.789 bits per heavy atom. The molecule has 0 N–H and O–H groups in total. The molecule has 3 aliphatic rings. The first-order chi connectivity index (χ1) is 17.7. The zero-order valence-corrected chi connectivity index (χ0v) is 27.5. The number of hydrogen-bond donors (Lipinski definition) is 0. The van der Waals surface area contributed by atoms with Gasteiger partial charge in [-0.05, 0) is 63.2 Å². The largest absolute Gasteiger partial charge is 0.416 e. The maximum atomic E-state index is 12.0. The fraction of sp³-hybridized carbons (Fsp3) is 0.667. The topological polar surface area (TPSA) is 112 Å². The van der Waals surface area contributed by atoms with Crippen molar-refractivity contribution in [1.29, 1.82) is 0 Å². The number of imide groups is 2. The first kappa shape index (κ1) is 31.0. The highest BCUT2D eigenvalue weighted by molar-refractivity contribution is 6.93. The summed E-state index contributed by atoms with van der Waals surface area (Å²) < 4.78 is 27.9. The van der Waals surface area contributed by atoms with E-state index in [1.165, 1.54) is 34.1 Å². The van der Waals surface area contributed by atoms with E-state index >= 15 is 0 Å². The molecule has 0 aromatic heterocycles. The van der Waals surface area contributed by atoms with Crippen LogP contribution in [0.5, 0.6) is 0 Å². The molecule has 4 unspecified atom stereocenters. The average Bonchev–Trinajstić information content (AvgIpc) is 3.27. The minimum Gasteiger partial charge on any atom is -0.416 e. The van der Waals surface area contributed by atoms with Crippen LogP contribution in [0.2, 0.25) is 50.4 Å². The van der Waals surface area contributed by atoms with Crippen LogP contribution in [0.25, 0.3) is 0 Å². The third-order valence-corrected chi connectivity index (χ3v) is 26.1. The quantitative estimate of drug-likeness (QED) is 0.246. The molecule has 3 rings (SSSR count). The SMILES string of the molecule is CCC[Si]1(C)O[Si](C)(CCC)O[Si](C)(CCCN2C(=O)C=CC2=O)O[Si](C)(CCCN2C(=O)C=CC2=O)O1. The summed E-state index contributed by atoms with van der Waals surface area (Å²) in [7, 11) is -11.0. The van der Waals surface area contributed by atoms with Crippen LogP contribution >= 0.6 is 0 Å². The molecule has 0 spiro atoms. The van der Waals surface area contributed by atoms with Gasteiger partial charge in [-0.25, -0.2) is 0 Å². The Bertz CT molecular complexity index is 900. The van der Waals surface area contributed by atoms with E-state index in [9.17, 15) is 19.2 Å². The Morgan fingerprint density at radius 1 is 0.526 bits per heavy atom. The summed E-state index contributed by atoms with van der Waals surface area (Å²) in [6, 6.07) is 2.83. The first-order valence-corrected chi connectivity index (χ1v) is 23.7. The summed E-state index contributed by atoms with van der Waals surface area (Å²) in [5.41, 5.74) is 0. The van der Waals surface area contributed by atoms with Crippen molar-refractivity contribution >= 4 is 57.9 Å². The second-order valence-corrected chi connectivity index (χ2v) is 25.3. The van der Waals surface area contributed by atoms with Gasteiger partial charge in [0.1, 0.15) is 0 Å². The number of nitrogens with zero attached hydrogens (tertiary/aromatic N) is 2. The molecule has 3 aliphatic heterocycles. The van der Waals surface area contributed by atoms with Crippen molar-refractivity contribution < 1.29 is 35.6 Å². The van der Waals surface area contributed by atoms with E-state index in [0.717, 1.165) is 24.9 Å². The van der Waals surface area contributed by atoms with E-state index in [1.54, 1.807) is 0 Å². The lowest BCUT2D eigenvalue weighted by atomic mass is 10.4. The van der Waals surface area contributed by atoms with Gasteiger partial charge in [-0.3, -0.25) is 29.0 Å². The standard InChI is InChI=1S/C24H42N2O8Si4/c1-7-17-35(3)31-36(4,18-8-2)33-38(6,20-10-16-26-23(29)13-14-24(26)30)34-37(5,32-35)19-9-15-25-21(27)11-12-22(25)28/h11-14H,7-10,15-20H2,1-6H3. The van der Waals surface area contributed by atoms with Crippen LogP contribution in [-0.4, -0.2) is 80.8 Å². The van der Waals surface area contributed by atoms with Crippen molar-refractivity contribution in [2.75, 3.05) is 13.1 Å². The molecule has 0 radical (unpaired) electrons. The highest BCUT2D eigenvalue weighted by Gasteiger charge is 2.56. The minimum absolute atomic E-state index is 0.292. The lowest BCUT2D eigenvalue weighted by molar-refractivity contribution is -0.138. The van der Waals surface area contributed by atoms with Gasteiger partial charge >= 0.3 is 34.2 Å². The molecule has 14 heteroatoms. The van der Waals surface area contributed by atoms with Crippen molar-refractivity contribution in [3.05, 3.63) is 24.3 Å². The molecular weight excluding hydrogens is 557 g/mol. The summed E-state index contributed by atoms with van der Waals surface area (Å²) in [6.45, 7) is 13.1. The van der Waals surface area contributed by atoms with Crippen LogP contribution in [0.15, 0.2) is 24.3 Å². The smallest absolute Gasteiger partial charge is 0.317 e. The van der Waals surface area contributed by atoms with Crippen molar-refractivity contribution in [3.63, 3.8) is 0 Å². The Balaban J connectivity index is 1.80. The molecule has 0 saturated carbocycles. The Morgan fingerprint density at radius 3 is 1.05 bits per heavy atom. The van der Waals surface area contributed by atoms with E-state index in [1.807, 2.05) is 13.1 Å². The highest BCUT2D eigenvalue weighted by Crippen LogP contribution is 2.38. The normalized spacial score (nSPS) is 33.9. The van der Waals surface area contributed by atoms with Gasteiger partial charge in [0.2, 0.25) is 0 Å². The lowest BCUT2D eigenvalue weighted by Gasteiger charge is -2.50. The fourth-order valence-corrected chi connectivity index (χ4v) is 29.1. The summed E-state index contributed by atoms with van der Waals surface area (Å²) in [4.78, 5) is 50.6. The molecule has 0 aromatic rings. The minimum atomic E-state index is -2.87. The molecule has 212 valence electrons. The second-order valence-electron chi connectivity index (χ2n) is 11.0. The van der Waals surface area contributed by atoms with E-state index in [-0.39, 0.29) is 23.6 Å². The number of hydrogen-bond acceptors (Lipinski definition) is 8. The molecule has 38 heavy (non-hydrogen) atoms. The van der Waals surface area contributed by atoms with E-state index < -0.39 is 34.2 Å². The van der Waals surface area contributed by atoms with Crippen molar-refractivity contribution in [1.82, 2.24) is 9.80 Å². The van der Waals surface area contributed by atoms with Crippen LogP contribution < -0.4 is 0 Å². The molecule has 1 fully saturated rings. The number of carbonyl (C=O) groups is 4. The third-order valence-electron chi connectivity index (χ3n) is 6.96. The maximum Gasteiger partial charge on any atom is 0.317 e. The molecule has 3 heterocycles. The number of carbonyl (C=O) groups excluding carboxylic acids is 4. The van der Waals surface area contributed by atoms with Crippen LogP contribution in [0.4, 0.5) is 0 Å². The molecule has 1 saturated heterocycles. The van der Waals surface area contributed by atoms with Crippen LogP contribution in [0.1, 0.15) is 39.5 Å². The van der Waals surface area contributed by atoms with E-state index in [4.69, 9.17) is 16.5 Å². The Hall–Kier alpha value is -1.53. The predicted molar refractivity (Wildman–Crippen MR) is 152 cm³/mol. The number of rotatable bonds is 12. The van der Waals surface area contributed by atoms with Gasteiger partial charge in [-0.15, -0.1) is 0 Å². The summed E-state index contributed by atoms with van der Waals surface area (Å²) in [5, 5.41) is 0. The molecule has 0 aliphatic carbocycles. The molecule has 4 amide bonds. The van der Waals surface area contributed by atoms with Gasteiger partial charge < -0.3 is 16.5 Å². The Labute approximate surface area is 230 Å². The summed E-state index contributed by atoms with van der Waals surface area (Å²) in [5.74, 6) is -1.17. The zero-order valence-electron chi connectivity index (χ0n) is 23.5.